The quantitative estimate of drug-likeness (QED) is 0.695. The zero-order valence-corrected chi connectivity index (χ0v) is 13.0. The molecule has 0 aliphatic heterocycles. The van der Waals surface area contributed by atoms with E-state index in [0.717, 1.165) is 9.87 Å². The highest BCUT2D eigenvalue weighted by atomic mass is 32.2. The lowest BCUT2D eigenvalue weighted by atomic mass is 10.2. The van der Waals surface area contributed by atoms with Gasteiger partial charge >= 0.3 is 5.97 Å². The fourth-order valence-electron chi connectivity index (χ4n) is 1.78. The zero-order chi connectivity index (χ0) is 15.9. The SMILES string of the molecule is CC(C)N(CC(=O)O)S(=O)(=O)CCOCc1ccccc1. The van der Waals surface area contributed by atoms with E-state index in [1.807, 2.05) is 30.3 Å². The first-order chi connectivity index (χ1) is 9.83. The molecule has 0 amide bonds. The van der Waals surface area contributed by atoms with Crippen molar-refractivity contribution in [3.63, 3.8) is 0 Å². The lowest BCUT2D eigenvalue weighted by Gasteiger charge is -2.23. The molecule has 0 atom stereocenters. The molecular weight excluding hydrogens is 294 g/mol. The third-order valence-corrected chi connectivity index (χ3v) is 4.77. The predicted octanol–water partition coefficient (Wildman–Crippen LogP) is 1.33. The Balaban J connectivity index is 2.49. The Hall–Kier alpha value is -1.44. The molecule has 0 aromatic heterocycles. The van der Waals surface area contributed by atoms with Crippen molar-refractivity contribution in [2.45, 2.75) is 26.5 Å². The molecule has 0 bridgehead atoms. The van der Waals surface area contributed by atoms with E-state index in [4.69, 9.17) is 9.84 Å². The minimum absolute atomic E-state index is 0.0278. The lowest BCUT2D eigenvalue weighted by molar-refractivity contribution is -0.137. The van der Waals surface area contributed by atoms with E-state index in [1.54, 1.807) is 13.8 Å². The monoisotopic (exact) mass is 315 g/mol. The van der Waals surface area contributed by atoms with Gasteiger partial charge in [-0.25, -0.2) is 8.42 Å². The maximum Gasteiger partial charge on any atom is 0.318 e. The van der Waals surface area contributed by atoms with E-state index in [0.29, 0.717) is 6.61 Å². The van der Waals surface area contributed by atoms with E-state index in [9.17, 15) is 13.2 Å². The highest BCUT2D eigenvalue weighted by Gasteiger charge is 2.26. The minimum Gasteiger partial charge on any atom is -0.480 e. The molecule has 0 aliphatic rings. The van der Waals surface area contributed by atoms with Crippen LogP contribution in [0.25, 0.3) is 0 Å². The molecule has 0 fully saturated rings. The maximum atomic E-state index is 12.1. The van der Waals surface area contributed by atoms with Gasteiger partial charge < -0.3 is 9.84 Å². The van der Waals surface area contributed by atoms with Gasteiger partial charge in [-0.1, -0.05) is 30.3 Å². The number of hydrogen-bond donors (Lipinski definition) is 1. The molecule has 0 heterocycles. The average molecular weight is 315 g/mol. The van der Waals surface area contributed by atoms with Crippen LogP contribution in [0, 0.1) is 0 Å². The lowest BCUT2D eigenvalue weighted by Crippen LogP contribution is -2.42. The van der Waals surface area contributed by atoms with E-state index < -0.39 is 28.6 Å². The molecule has 0 spiro atoms. The summed E-state index contributed by atoms with van der Waals surface area (Å²) in [5.74, 6) is -1.40. The summed E-state index contributed by atoms with van der Waals surface area (Å²) >= 11 is 0. The van der Waals surface area contributed by atoms with Crippen LogP contribution in [-0.2, 0) is 26.2 Å². The molecule has 0 unspecified atom stereocenters. The Labute approximate surface area is 125 Å². The van der Waals surface area contributed by atoms with Gasteiger partial charge in [0.2, 0.25) is 10.0 Å². The Kier molecular flexibility index (Phi) is 6.80. The molecule has 21 heavy (non-hydrogen) atoms. The van der Waals surface area contributed by atoms with Gasteiger partial charge in [-0.3, -0.25) is 4.79 Å². The molecule has 1 aromatic rings. The van der Waals surface area contributed by atoms with Crippen molar-refractivity contribution in [2.75, 3.05) is 18.9 Å². The second-order valence-electron chi connectivity index (χ2n) is 4.89. The molecule has 0 saturated carbocycles. The van der Waals surface area contributed by atoms with Gasteiger partial charge in [0.15, 0.2) is 0 Å². The average Bonchev–Trinajstić information content (AvgIpc) is 2.41. The second kappa shape index (κ2) is 8.11. The first-order valence-corrected chi connectivity index (χ1v) is 8.27. The number of nitrogens with zero attached hydrogens (tertiary/aromatic N) is 1. The minimum atomic E-state index is -3.64. The molecule has 1 N–H and O–H groups in total. The Morgan fingerprint density at radius 1 is 1.29 bits per heavy atom. The van der Waals surface area contributed by atoms with Crippen LogP contribution in [0.2, 0.25) is 0 Å². The van der Waals surface area contributed by atoms with Crippen LogP contribution in [0.5, 0.6) is 0 Å². The van der Waals surface area contributed by atoms with Gasteiger partial charge in [-0.15, -0.1) is 0 Å². The number of rotatable bonds is 9. The van der Waals surface area contributed by atoms with Crippen LogP contribution in [0.15, 0.2) is 30.3 Å². The number of benzene rings is 1. The summed E-state index contributed by atoms with van der Waals surface area (Å²) in [7, 11) is -3.64. The van der Waals surface area contributed by atoms with Gasteiger partial charge in [0.05, 0.1) is 19.0 Å². The molecule has 7 heteroatoms. The number of aliphatic carboxylic acids is 1. The summed E-state index contributed by atoms with van der Waals surface area (Å²) in [5.41, 5.74) is 0.959. The van der Waals surface area contributed by atoms with Crippen LogP contribution in [0.1, 0.15) is 19.4 Å². The van der Waals surface area contributed by atoms with E-state index >= 15 is 0 Å². The highest BCUT2D eigenvalue weighted by molar-refractivity contribution is 7.89. The van der Waals surface area contributed by atoms with Crippen LogP contribution in [0.3, 0.4) is 0 Å². The van der Waals surface area contributed by atoms with Crippen molar-refractivity contribution >= 4 is 16.0 Å². The van der Waals surface area contributed by atoms with Crippen molar-refractivity contribution < 1.29 is 23.1 Å². The second-order valence-corrected chi connectivity index (χ2v) is 6.93. The standard InChI is InChI=1S/C14H21NO5S/c1-12(2)15(10-14(16)17)21(18,19)9-8-20-11-13-6-4-3-5-7-13/h3-7,12H,8-11H2,1-2H3,(H,16,17). The van der Waals surface area contributed by atoms with Crippen LogP contribution >= 0.6 is 0 Å². The van der Waals surface area contributed by atoms with Crippen molar-refractivity contribution in [2.24, 2.45) is 0 Å². The third kappa shape index (κ3) is 6.24. The van der Waals surface area contributed by atoms with Gasteiger partial charge in [-0.05, 0) is 19.4 Å². The normalized spacial score (nSPS) is 12.0. The summed E-state index contributed by atoms with van der Waals surface area (Å²) in [4.78, 5) is 10.7. The number of carbonyl (C=O) groups is 1. The van der Waals surface area contributed by atoms with Crippen molar-refractivity contribution in [1.82, 2.24) is 4.31 Å². The predicted molar refractivity (Wildman–Crippen MR) is 79.4 cm³/mol. The summed E-state index contributed by atoms with van der Waals surface area (Å²) in [5, 5.41) is 8.78. The highest BCUT2D eigenvalue weighted by Crippen LogP contribution is 2.08. The van der Waals surface area contributed by atoms with Crippen molar-refractivity contribution in [1.29, 1.82) is 0 Å². The first-order valence-electron chi connectivity index (χ1n) is 6.66. The third-order valence-electron chi connectivity index (χ3n) is 2.82. The van der Waals surface area contributed by atoms with Gasteiger partial charge in [0.25, 0.3) is 0 Å². The fourth-order valence-corrected chi connectivity index (χ4v) is 3.29. The molecule has 0 aliphatic carbocycles. The largest absolute Gasteiger partial charge is 0.480 e. The first kappa shape index (κ1) is 17.6. The van der Waals surface area contributed by atoms with Crippen molar-refractivity contribution in [3.8, 4) is 0 Å². The number of hydrogen-bond acceptors (Lipinski definition) is 4. The molecule has 118 valence electrons. The van der Waals surface area contributed by atoms with Gasteiger partial charge in [-0.2, -0.15) is 4.31 Å². The zero-order valence-electron chi connectivity index (χ0n) is 12.2. The summed E-state index contributed by atoms with van der Waals surface area (Å²) in [6.07, 6.45) is 0. The molecule has 0 radical (unpaired) electrons. The Morgan fingerprint density at radius 3 is 2.43 bits per heavy atom. The Morgan fingerprint density at radius 2 is 1.90 bits per heavy atom. The van der Waals surface area contributed by atoms with E-state index in [1.165, 1.54) is 0 Å². The number of sulfonamides is 1. The Bertz CT molecular complexity index is 542. The van der Waals surface area contributed by atoms with Gasteiger partial charge in [0.1, 0.15) is 6.54 Å². The van der Waals surface area contributed by atoms with Crippen LogP contribution in [-0.4, -0.2) is 48.7 Å². The molecule has 1 rings (SSSR count). The number of ether oxygens (including phenoxy) is 1. The number of carboxylic acid groups (broad SMARTS) is 1. The van der Waals surface area contributed by atoms with Gasteiger partial charge in [0, 0.05) is 6.04 Å². The summed E-state index contributed by atoms with van der Waals surface area (Å²) < 4.78 is 30.5. The molecule has 1 aromatic carbocycles. The van der Waals surface area contributed by atoms with E-state index in [-0.39, 0.29) is 12.4 Å². The van der Waals surface area contributed by atoms with Crippen LogP contribution < -0.4 is 0 Å². The summed E-state index contributed by atoms with van der Waals surface area (Å²) in [6.45, 7) is 3.12. The van der Waals surface area contributed by atoms with Crippen LogP contribution in [0.4, 0.5) is 0 Å². The number of carboxylic acids is 1. The summed E-state index contributed by atoms with van der Waals surface area (Å²) in [6, 6.07) is 9.02. The van der Waals surface area contributed by atoms with Crippen molar-refractivity contribution in [3.05, 3.63) is 35.9 Å². The molecule has 0 saturated heterocycles. The molecule has 6 nitrogen and oxygen atoms in total. The fraction of sp³-hybridized carbons (Fsp3) is 0.500. The smallest absolute Gasteiger partial charge is 0.318 e. The van der Waals surface area contributed by atoms with E-state index in [2.05, 4.69) is 0 Å². The maximum absolute atomic E-state index is 12.1. The topological polar surface area (TPSA) is 83.9 Å². The molecular formula is C14H21NO5S.